The van der Waals surface area contributed by atoms with Crippen molar-refractivity contribution in [1.82, 2.24) is 19.9 Å². The first kappa shape index (κ1) is 14.1. The molecule has 0 aliphatic heterocycles. The summed E-state index contributed by atoms with van der Waals surface area (Å²) in [5.74, 6) is 0. The Bertz CT molecular complexity index is 309. The molecule has 0 spiro atoms. The van der Waals surface area contributed by atoms with Gasteiger partial charge in [0.15, 0.2) is 0 Å². The highest BCUT2D eigenvalue weighted by atomic mass is 16.3. The van der Waals surface area contributed by atoms with E-state index < -0.39 is 6.10 Å². The van der Waals surface area contributed by atoms with Crippen molar-refractivity contribution in [2.75, 3.05) is 19.6 Å². The van der Waals surface area contributed by atoms with Gasteiger partial charge in [0, 0.05) is 13.1 Å². The van der Waals surface area contributed by atoms with Gasteiger partial charge in [-0.05, 0) is 25.9 Å². The van der Waals surface area contributed by atoms with Crippen LogP contribution >= 0.6 is 0 Å². The molecule has 98 valence electrons. The Morgan fingerprint density at radius 3 is 2.65 bits per heavy atom. The summed E-state index contributed by atoms with van der Waals surface area (Å²) in [4.78, 5) is 2.30. The molecule has 0 amide bonds. The van der Waals surface area contributed by atoms with Crippen molar-refractivity contribution in [3.05, 3.63) is 11.9 Å². The van der Waals surface area contributed by atoms with Crippen molar-refractivity contribution >= 4 is 0 Å². The molecule has 1 aromatic rings. The maximum Gasteiger partial charge on any atom is 0.0985 e. The quantitative estimate of drug-likeness (QED) is 0.747. The van der Waals surface area contributed by atoms with Crippen LogP contribution in [0.15, 0.2) is 6.20 Å². The normalized spacial score (nSPS) is 13.2. The molecule has 0 aliphatic carbocycles. The van der Waals surface area contributed by atoms with Crippen molar-refractivity contribution < 1.29 is 5.11 Å². The largest absolute Gasteiger partial charge is 0.387 e. The van der Waals surface area contributed by atoms with Crippen LogP contribution in [0.3, 0.4) is 0 Å². The van der Waals surface area contributed by atoms with Crippen molar-refractivity contribution in [2.24, 2.45) is 0 Å². The molecular formula is C12H24N4O. The minimum atomic E-state index is -0.461. The van der Waals surface area contributed by atoms with E-state index in [1.165, 1.54) is 0 Å². The first-order chi connectivity index (χ1) is 8.22. The lowest BCUT2D eigenvalue weighted by Gasteiger charge is -2.20. The molecule has 0 radical (unpaired) electrons. The predicted molar refractivity (Wildman–Crippen MR) is 67.7 cm³/mol. The Hall–Kier alpha value is -0.940. The van der Waals surface area contributed by atoms with Crippen molar-refractivity contribution in [3.63, 3.8) is 0 Å². The molecule has 5 heteroatoms. The molecule has 0 saturated heterocycles. The van der Waals surface area contributed by atoms with Crippen LogP contribution in [0.25, 0.3) is 0 Å². The summed E-state index contributed by atoms with van der Waals surface area (Å²) in [6.45, 7) is 10.1. The first-order valence-electron chi connectivity index (χ1n) is 6.51. The average Bonchev–Trinajstić information content (AvgIpc) is 2.79. The summed E-state index contributed by atoms with van der Waals surface area (Å²) < 4.78 is 1.80. The number of rotatable bonds is 8. The molecule has 1 N–H and O–H groups in total. The fourth-order valence-corrected chi connectivity index (χ4v) is 1.90. The van der Waals surface area contributed by atoms with E-state index >= 15 is 0 Å². The molecule has 1 atom stereocenters. The van der Waals surface area contributed by atoms with Crippen molar-refractivity contribution in [3.8, 4) is 0 Å². The van der Waals surface area contributed by atoms with Gasteiger partial charge in [-0.2, -0.15) is 0 Å². The second kappa shape index (κ2) is 7.40. The highest BCUT2D eigenvalue weighted by molar-refractivity contribution is 4.98. The standard InChI is InChI=1S/C12H24N4O/c1-4-8-16-11(10-13-14-16)12(17)7-9-15(5-2)6-3/h10,12,17H,4-9H2,1-3H3. The van der Waals surface area contributed by atoms with Crippen molar-refractivity contribution in [2.45, 2.75) is 46.3 Å². The Morgan fingerprint density at radius 1 is 1.35 bits per heavy atom. The van der Waals surface area contributed by atoms with Gasteiger partial charge in [-0.1, -0.05) is 26.0 Å². The average molecular weight is 240 g/mol. The lowest BCUT2D eigenvalue weighted by molar-refractivity contribution is 0.136. The maximum absolute atomic E-state index is 10.1. The number of hydrogen-bond donors (Lipinski definition) is 1. The van der Waals surface area contributed by atoms with Gasteiger partial charge in [0.25, 0.3) is 0 Å². The van der Waals surface area contributed by atoms with E-state index in [0.29, 0.717) is 0 Å². The van der Waals surface area contributed by atoms with Gasteiger partial charge >= 0.3 is 0 Å². The smallest absolute Gasteiger partial charge is 0.0985 e. The van der Waals surface area contributed by atoms with Gasteiger partial charge in [0.1, 0.15) is 0 Å². The van der Waals surface area contributed by atoms with Crippen LogP contribution in [0.1, 0.15) is 45.4 Å². The second-order valence-electron chi connectivity index (χ2n) is 4.21. The lowest BCUT2D eigenvalue weighted by atomic mass is 10.2. The second-order valence-corrected chi connectivity index (χ2v) is 4.21. The number of aliphatic hydroxyl groups is 1. The van der Waals surface area contributed by atoms with Gasteiger partial charge in [0.2, 0.25) is 0 Å². The van der Waals surface area contributed by atoms with Gasteiger partial charge in [-0.3, -0.25) is 0 Å². The Balaban J connectivity index is 2.51. The van der Waals surface area contributed by atoms with E-state index in [9.17, 15) is 5.11 Å². The summed E-state index contributed by atoms with van der Waals surface area (Å²) in [5, 5.41) is 18.0. The molecular weight excluding hydrogens is 216 g/mol. The molecule has 0 bridgehead atoms. The van der Waals surface area contributed by atoms with Gasteiger partial charge < -0.3 is 10.0 Å². The number of hydrogen-bond acceptors (Lipinski definition) is 4. The van der Waals surface area contributed by atoms with Gasteiger partial charge in [0.05, 0.1) is 18.0 Å². The molecule has 0 aliphatic rings. The van der Waals surface area contributed by atoms with Crippen LogP contribution in [0, 0.1) is 0 Å². The van der Waals surface area contributed by atoms with Crippen LogP contribution in [0.2, 0.25) is 0 Å². The number of aromatic nitrogens is 3. The zero-order valence-corrected chi connectivity index (χ0v) is 11.1. The number of nitrogens with zero attached hydrogens (tertiary/aromatic N) is 4. The summed E-state index contributed by atoms with van der Waals surface area (Å²) in [6, 6.07) is 0. The summed E-state index contributed by atoms with van der Waals surface area (Å²) >= 11 is 0. The van der Waals surface area contributed by atoms with Gasteiger partial charge in [-0.25, -0.2) is 4.68 Å². The molecule has 0 fully saturated rings. The van der Waals surface area contributed by atoms with Crippen LogP contribution in [0.5, 0.6) is 0 Å². The molecule has 0 saturated carbocycles. The third kappa shape index (κ3) is 4.09. The lowest BCUT2D eigenvalue weighted by Crippen LogP contribution is -2.25. The Labute approximate surface area is 103 Å². The SMILES string of the molecule is CCCn1nncc1C(O)CCN(CC)CC. The van der Waals surface area contributed by atoms with Crippen LogP contribution in [-0.4, -0.2) is 44.6 Å². The van der Waals surface area contributed by atoms with E-state index in [1.54, 1.807) is 10.9 Å². The van der Waals surface area contributed by atoms with Gasteiger partial charge in [-0.15, -0.1) is 5.10 Å². The third-order valence-electron chi connectivity index (χ3n) is 3.04. The van der Waals surface area contributed by atoms with Crippen molar-refractivity contribution in [1.29, 1.82) is 0 Å². The van der Waals surface area contributed by atoms with E-state index in [2.05, 4.69) is 36.0 Å². The molecule has 1 aromatic heterocycles. The molecule has 17 heavy (non-hydrogen) atoms. The molecule has 1 unspecified atom stereocenters. The Morgan fingerprint density at radius 2 is 2.06 bits per heavy atom. The number of aliphatic hydroxyl groups excluding tert-OH is 1. The van der Waals surface area contributed by atoms with E-state index in [1.807, 2.05) is 0 Å². The molecule has 1 heterocycles. The third-order valence-corrected chi connectivity index (χ3v) is 3.04. The fraction of sp³-hybridized carbons (Fsp3) is 0.833. The van der Waals surface area contributed by atoms with Crippen LogP contribution in [0.4, 0.5) is 0 Å². The molecule has 5 nitrogen and oxygen atoms in total. The minimum Gasteiger partial charge on any atom is -0.387 e. The van der Waals surface area contributed by atoms with Crippen LogP contribution < -0.4 is 0 Å². The van der Waals surface area contributed by atoms with E-state index in [-0.39, 0.29) is 0 Å². The minimum absolute atomic E-state index is 0.461. The summed E-state index contributed by atoms with van der Waals surface area (Å²) in [7, 11) is 0. The monoisotopic (exact) mass is 240 g/mol. The highest BCUT2D eigenvalue weighted by Crippen LogP contribution is 2.15. The summed E-state index contributed by atoms with van der Waals surface area (Å²) in [6.07, 6.45) is 2.94. The topological polar surface area (TPSA) is 54.2 Å². The summed E-state index contributed by atoms with van der Waals surface area (Å²) in [5.41, 5.74) is 0.832. The van der Waals surface area contributed by atoms with E-state index in [0.717, 1.165) is 44.7 Å². The zero-order chi connectivity index (χ0) is 12.7. The first-order valence-corrected chi connectivity index (χ1v) is 6.51. The number of aryl methyl sites for hydroxylation is 1. The predicted octanol–water partition coefficient (Wildman–Crippen LogP) is 1.45. The highest BCUT2D eigenvalue weighted by Gasteiger charge is 2.14. The fourth-order valence-electron chi connectivity index (χ4n) is 1.90. The van der Waals surface area contributed by atoms with E-state index in [4.69, 9.17) is 0 Å². The molecule has 0 aromatic carbocycles. The Kier molecular flexibility index (Phi) is 6.15. The zero-order valence-electron chi connectivity index (χ0n) is 11.1. The molecule has 1 rings (SSSR count). The van der Waals surface area contributed by atoms with Crippen LogP contribution in [-0.2, 0) is 6.54 Å². The maximum atomic E-state index is 10.1.